The molecule has 6 heteroatoms. The van der Waals surface area contributed by atoms with Crippen LogP contribution in [0, 0.1) is 27.7 Å². The van der Waals surface area contributed by atoms with Gasteiger partial charge in [-0.3, -0.25) is 14.5 Å². The van der Waals surface area contributed by atoms with Gasteiger partial charge in [-0.25, -0.2) is 0 Å². The molecular formula is C28H26N2O4. The predicted molar refractivity (Wildman–Crippen MR) is 130 cm³/mol. The molecule has 2 aliphatic heterocycles. The second kappa shape index (κ2) is 8.37. The maximum atomic E-state index is 13.7. The minimum absolute atomic E-state index is 0.140. The molecule has 3 aromatic carbocycles. The van der Waals surface area contributed by atoms with E-state index in [1.165, 1.54) is 4.90 Å². The van der Waals surface area contributed by atoms with Crippen molar-refractivity contribution in [2.45, 2.75) is 34.2 Å². The third-order valence-corrected chi connectivity index (χ3v) is 6.25. The molecule has 0 spiro atoms. The van der Waals surface area contributed by atoms with Crippen molar-refractivity contribution >= 4 is 23.1 Å². The third kappa shape index (κ3) is 3.81. The Kier molecular flexibility index (Phi) is 5.36. The molecule has 0 saturated heterocycles. The van der Waals surface area contributed by atoms with E-state index in [0.717, 1.165) is 39.1 Å². The number of fused-ring (bicyclic) bond motifs is 1. The second-order valence-corrected chi connectivity index (χ2v) is 8.90. The predicted octanol–water partition coefficient (Wildman–Crippen LogP) is 5.04. The maximum Gasteiger partial charge on any atom is 0.278 e. The molecule has 0 bridgehead atoms. The Balaban J connectivity index is 1.56. The fourth-order valence-electron chi connectivity index (χ4n) is 4.41. The van der Waals surface area contributed by atoms with Gasteiger partial charge in [0.05, 0.1) is 12.1 Å². The van der Waals surface area contributed by atoms with Crippen LogP contribution in [0.4, 0.5) is 5.69 Å². The number of hydrogen-bond acceptors (Lipinski definition) is 5. The summed E-state index contributed by atoms with van der Waals surface area (Å²) in [4.78, 5) is 28.6. The van der Waals surface area contributed by atoms with Crippen LogP contribution in [0.25, 0.3) is 5.57 Å². The van der Waals surface area contributed by atoms with Crippen LogP contribution in [0.5, 0.6) is 11.5 Å². The second-order valence-electron chi connectivity index (χ2n) is 8.90. The lowest BCUT2D eigenvalue weighted by molar-refractivity contribution is -0.137. The Bertz CT molecular complexity index is 1370. The lowest BCUT2D eigenvalue weighted by Crippen LogP contribution is -2.32. The van der Waals surface area contributed by atoms with Crippen LogP contribution in [0.1, 0.15) is 33.4 Å². The van der Waals surface area contributed by atoms with Crippen LogP contribution in [-0.4, -0.2) is 23.5 Å². The highest BCUT2D eigenvalue weighted by atomic mass is 16.7. The number of imide groups is 1. The normalized spacial score (nSPS) is 14.9. The van der Waals surface area contributed by atoms with E-state index in [1.54, 1.807) is 6.07 Å². The molecule has 0 aromatic heterocycles. The molecule has 172 valence electrons. The van der Waals surface area contributed by atoms with Crippen LogP contribution in [-0.2, 0) is 16.1 Å². The summed E-state index contributed by atoms with van der Waals surface area (Å²) in [5.41, 5.74) is 7.15. The molecule has 2 aliphatic rings. The smallest absolute Gasteiger partial charge is 0.278 e. The van der Waals surface area contributed by atoms with Gasteiger partial charge in [-0.05, 0) is 73.7 Å². The number of carbonyl (C=O) groups excluding carboxylic acids is 2. The minimum atomic E-state index is -0.349. The number of carbonyl (C=O) groups is 2. The number of ether oxygens (including phenoxy) is 2. The summed E-state index contributed by atoms with van der Waals surface area (Å²) in [6.45, 7) is 8.25. The molecule has 2 heterocycles. The Labute approximate surface area is 198 Å². The number of nitrogens with zero attached hydrogens (tertiary/aromatic N) is 1. The molecule has 0 atom stereocenters. The quantitative estimate of drug-likeness (QED) is 0.547. The van der Waals surface area contributed by atoms with E-state index in [2.05, 4.69) is 5.32 Å². The van der Waals surface area contributed by atoms with Crippen LogP contribution in [0.3, 0.4) is 0 Å². The van der Waals surface area contributed by atoms with E-state index in [-0.39, 0.29) is 25.2 Å². The molecule has 6 nitrogen and oxygen atoms in total. The van der Waals surface area contributed by atoms with Crippen molar-refractivity contribution in [1.29, 1.82) is 0 Å². The monoisotopic (exact) mass is 454 g/mol. The highest BCUT2D eigenvalue weighted by Crippen LogP contribution is 2.36. The molecule has 0 saturated carbocycles. The summed E-state index contributed by atoms with van der Waals surface area (Å²) in [5.74, 6) is 0.614. The number of rotatable bonds is 5. The topological polar surface area (TPSA) is 67.9 Å². The van der Waals surface area contributed by atoms with Gasteiger partial charge in [-0.1, -0.05) is 42.0 Å². The Hall–Kier alpha value is -4.06. The number of anilines is 1. The average molecular weight is 455 g/mol. The van der Waals surface area contributed by atoms with E-state index >= 15 is 0 Å². The minimum Gasteiger partial charge on any atom is -0.454 e. The Morgan fingerprint density at radius 3 is 2.32 bits per heavy atom. The van der Waals surface area contributed by atoms with E-state index in [0.29, 0.717) is 22.8 Å². The number of nitrogens with one attached hydrogen (secondary N) is 1. The van der Waals surface area contributed by atoms with Crippen LogP contribution in [0.15, 0.2) is 60.3 Å². The molecule has 2 amide bonds. The van der Waals surface area contributed by atoms with Crippen molar-refractivity contribution in [3.8, 4) is 11.5 Å². The first-order valence-electron chi connectivity index (χ1n) is 11.2. The zero-order valence-electron chi connectivity index (χ0n) is 19.7. The van der Waals surface area contributed by atoms with Crippen LogP contribution >= 0.6 is 0 Å². The summed E-state index contributed by atoms with van der Waals surface area (Å²) >= 11 is 0. The molecule has 0 radical (unpaired) electrons. The maximum absolute atomic E-state index is 13.7. The molecular weight excluding hydrogens is 428 g/mol. The summed E-state index contributed by atoms with van der Waals surface area (Å²) < 4.78 is 10.8. The number of benzene rings is 3. The first-order chi connectivity index (χ1) is 16.3. The van der Waals surface area contributed by atoms with Crippen molar-refractivity contribution in [2.75, 3.05) is 12.1 Å². The first kappa shape index (κ1) is 21.8. The van der Waals surface area contributed by atoms with Crippen LogP contribution in [0.2, 0.25) is 0 Å². The van der Waals surface area contributed by atoms with Crippen molar-refractivity contribution in [3.63, 3.8) is 0 Å². The third-order valence-electron chi connectivity index (χ3n) is 6.25. The fourth-order valence-corrected chi connectivity index (χ4v) is 4.41. The highest BCUT2D eigenvalue weighted by molar-refractivity contribution is 6.36. The standard InChI is InChI=1S/C28H26N2O4/c1-16-6-9-21(19(4)11-16)25-26(29-22-12-17(2)5-7-18(22)3)28(32)30(27(25)31)14-20-8-10-23-24(13-20)34-15-33-23/h5-13,29H,14-15H2,1-4H3. The summed E-state index contributed by atoms with van der Waals surface area (Å²) in [5, 5.41) is 3.30. The number of hydrogen-bond donors (Lipinski definition) is 1. The summed E-state index contributed by atoms with van der Waals surface area (Å²) in [7, 11) is 0. The largest absolute Gasteiger partial charge is 0.454 e. The average Bonchev–Trinajstić information content (AvgIpc) is 3.35. The number of aryl methyl sites for hydroxylation is 4. The van der Waals surface area contributed by atoms with Crippen molar-refractivity contribution in [3.05, 3.63) is 93.7 Å². The molecule has 0 fully saturated rings. The molecule has 5 rings (SSSR count). The van der Waals surface area contributed by atoms with Gasteiger partial charge in [0.1, 0.15) is 5.70 Å². The van der Waals surface area contributed by atoms with Gasteiger partial charge < -0.3 is 14.8 Å². The van der Waals surface area contributed by atoms with Crippen LogP contribution < -0.4 is 14.8 Å². The van der Waals surface area contributed by atoms with Gasteiger partial charge in [0.25, 0.3) is 11.8 Å². The lowest BCUT2D eigenvalue weighted by Gasteiger charge is -2.16. The number of amides is 2. The summed E-state index contributed by atoms with van der Waals surface area (Å²) in [6.07, 6.45) is 0. The zero-order chi connectivity index (χ0) is 24.0. The van der Waals surface area contributed by atoms with E-state index in [4.69, 9.17) is 9.47 Å². The van der Waals surface area contributed by atoms with Crippen molar-refractivity contribution in [2.24, 2.45) is 0 Å². The van der Waals surface area contributed by atoms with Crippen molar-refractivity contribution in [1.82, 2.24) is 4.90 Å². The molecule has 0 aliphatic carbocycles. The van der Waals surface area contributed by atoms with Gasteiger partial charge in [-0.15, -0.1) is 0 Å². The lowest BCUT2D eigenvalue weighted by atomic mass is 9.97. The van der Waals surface area contributed by atoms with Gasteiger partial charge in [0, 0.05) is 5.69 Å². The van der Waals surface area contributed by atoms with Crippen molar-refractivity contribution < 1.29 is 19.1 Å². The molecule has 1 N–H and O–H groups in total. The fraction of sp³-hybridized carbons (Fsp3) is 0.214. The SMILES string of the molecule is Cc1ccc(C2=C(Nc3cc(C)ccc3C)C(=O)N(Cc3ccc4c(c3)OCO4)C2=O)c(C)c1. The van der Waals surface area contributed by atoms with E-state index in [1.807, 2.05) is 76.2 Å². The van der Waals surface area contributed by atoms with Gasteiger partial charge in [0.15, 0.2) is 11.5 Å². The van der Waals surface area contributed by atoms with Gasteiger partial charge >= 0.3 is 0 Å². The summed E-state index contributed by atoms with van der Waals surface area (Å²) in [6, 6.07) is 17.4. The van der Waals surface area contributed by atoms with Gasteiger partial charge in [-0.2, -0.15) is 0 Å². The highest BCUT2D eigenvalue weighted by Gasteiger charge is 2.40. The molecule has 3 aromatic rings. The van der Waals surface area contributed by atoms with E-state index < -0.39 is 0 Å². The molecule has 0 unspecified atom stereocenters. The zero-order valence-corrected chi connectivity index (χ0v) is 19.7. The first-order valence-corrected chi connectivity index (χ1v) is 11.2. The Morgan fingerprint density at radius 2 is 1.53 bits per heavy atom. The molecule has 34 heavy (non-hydrogen) atoms. The van der Waals surface area contributed by atoms with E-state index in [9.17, 15) is 9.59 Å². The van der Waals surface area contributed by atoms with Gasteiger partial charge in [0.2, 0.25) is 6.79 Å². The Morgan fingerprint density at radius 1 is 0.794 bits per heavy atom.